The van der Waals surface area contributed by atoms with E-state index in [0.29, 0.717) is 37.6 Å². The number of carbonyl (C=O) groups excluding carboxylic acids is 1. The van der Waals surface area contributed by atoms with Crippen molar-refractivity contribution in [3.05, 3.63) is 84.1 Å². The molecule has 40 heavy (non-hydrogen) atoms. The van der Waals surface area contributed by atoms with Crippen LogP contribution in [-0.2, 0) is 21.2 Å². The Labute approximate surface area is 235 Å². The second kappa shape index (κ2) is 12.1. The molecular formula is C31H35N3O5S. The van der Waals surface area contributed by atoms with Gasteiger partial charge in [0, 0.05) is 30.2 Å². The summed E-state index contributed by atoms with van der Waals surface area (Å²) in [6.45, 7) is 1.24. The van der Waals surface area contributed by atoms with Gasteiger partial charge in [0.25, 0.3) is 0 Å². The number of nitrogens with two attached hydrogens (primary N) is 1. The van der Waals surface area contributed by atoms with Crippen LogP contribution in [0.15, 0.2) is 72.9 Å². The number of nitrogens with zero attached hydrogens (tertiary/aromatic N) is 1. The van der Waals surface area contributed by atoms with Gasteiger partial charge in [0.1, 0.15) is 0 Å². The summed E-state index contributed by atoms with van der Waals surface area (Å²) in [4.78, 5) is 15.2. The molecule has 1 aromatic heterocycles. The monoisotopic (exact) mass is 561 g/mol. The van der Waals surface area contributed by atoms with Crippen LogP contribution in [0.4, 0.5) is 0 Å². The molecule has 4 aromatic rings. The number of aromatic amines is 1. The van der Waals surface area contributed by atoms with Gasteiger partial charge in [-0.25, -0.2) is 12.7 Å². The molecule has 5 rings (SSSR count). The lowest BCUT2D eigenvalue weighted by molar-refractivity contribution is -0.117. The van der Waals surface area contributed by atoms with Crippen molar-refractivity contribution in [2.45, 2.75) is 31.6 Å². The molecule has 0 aliphatic carbocycles. The summed E-state index contributed by atoms with van der Waals surface area (Å²) in [5.74, 6) is 1.10. The molecule has 9 heteroatoms. The Morgan fingerprint density at radius 3 is 2.40 bits per heavy atom. The Bertz CT molecular complexity index is 1580. The summed E-state index contributed by atoms with van der Waals surface area (Å²) >= 11 is 0. The van der Waals surface area contributed by atoms with Crippen molar-refractivity contribution in [2.75, 3.05) is 32.6 Å². The van der Waals surface area contributed by atoms with Gasteiger partial charge in [-0.2, -0.15) is 0 Å². The lowest BCUT2D eigenvalue weighted by Crippen LogP contribution is -2.39. The van der Waals surface area contributed by atoms with Crippen LogP contribution in [0.3, 0.4) is 0 Å². The van der Waals surface area contributed by atoms with Crippen molar-refractivity contribution in [2.24, 2.45) is 5.73 Å². The van der Waals surface area contributed by atoms with Crippen molar-refractivity contribution in [1.29, 1.82) is 0 Å². The third-order valence-corrected chi connectivity index (χ3v) is 9.49. The molecule has 0 atom stereocenters. The van der Waals surface area contributed by atoms with E-state index in [4.69, 9.17) is 15.2 Å². The molecule has 1 amide bonds. The highest BCUT2D eigenvalue weighted by Gasteiger charge is 2.30. The molecule has 210 valence electrons. The van der Waals surface area contributed by atoms with Gasteiger partial charge in [0.05, 0.1) is 25.9 Å². The summed E-state index contributed by atoms with van der Waals surface area (Å²) < 4.78 is 38.8. The predicted octanol–water partition coefficient (Wildman–Crippen LogP) is 4.85. The van der Waals surface area contributed by atoms with Crippen molar-refractivity contribution in [3.63, 3.8) is 0 Å². The van der Waals surface area contributed by atoms with Crippen molar-refractivity contribution >= 4 is 26.8 Å². The zero-order valence-electron chi connectivity index (χ0n) is 22.6. The largest absolute Gasteiger partial charge is 0.493 e. The summed E-state index contributed by atoms with van der Waals surface area (Å²) in [7, 11) is -1.81. The van der Waals surface area contributed by atoms with E-state index in [9.17, 15) is 13.2 Å². The Morgan fingerprint density at radius 1 is 1.00 bits per heavy atom. The summed E-state index contributed by atoms with van der Waals surface area (Å²) in [5.41, 5.74) is 10.6. The fourth-order valence-electron chi connectivity index (χ4n) is 5.53. The van der Waals surface area contributed by atoms with Crippen LogP contribution in [0.5, 0.6) is 11.5 Å². The number of fused-ring (bicyclic) bond motifs is 1. The van der Waals surface area contributed by atoms with Crippen LogP contribution in [0.1, 0.15) is 36.3 Å². The fraction of sp³-hybridized carbons (Fsp3) is 0.323. The number of H-pyrrole nitrogens is 1. The normalized spacial score (nSPS) is 14.8. The minimum absolute atomic E-state index is 0.0385. The van der Waals surface area contributed by atoms with E-state index in [1.54, 1.807) is 11.4 Å². The predicted molar refractivity (Wildman–Crippen MR) is 157 cm³/mol. The average molecular weight is 562 g/mol. The summed E-state index contributed by atoms with van der Waals surface area (Å²) in [6, 6.07) is 21.6. The number of para-hydroxylation sites is 2. The van der Waals surface area contributed by atoms with E-state index in [1.165, 1.54) is 0 Å². The number of ether oxygens (including phenoxy) is 2. The van der Waals surface area contributed by atoms with Crippen LogP contribution < -0.4 is 15.2 Å². The number of sulfonamides is 1. The van der Waals surface area contributed by atoms with E-state index in [0.717, 1.165) is 46.0 Å². The molecule has 1 aliphatic heterocycles. The number of piperidine rings is 1. The van der Waals surface area contributed by atoms with Gasteiger partial charge < -0.3 is 20.2 Å². The maximum Gasteiger partial charge on any atom is 0.221 e. The molecule has 0 saturated carbocycles. The summed E-state index contributed by atoms with van der Waals surface area (Å²) in [6.07, 6.45) is 4.01. The maximum atomic E-state index is 13.1. The molecular weight excluding hydrogens is 526 g/mol. The summed E-state index contributed by atoms with van der Waals surface area (Å²) in [5, 5.41) is 1.06. The molecule has 0 spiro atoms. The van der Waals surface area contributed by atoms with Crippen molar-refractivity contribution in [1.82, 2.24) is 9.29 Å². The SMILES string of the molecule is COc1ccccc1OCCCS(=O)(=O)N1CCC(c2c[nH]c3c(CC(N)=O)cc(-c4ccccc4)cc23)CC1. The zero-order chi connectivity index (χ0) is 28.1. The number of methoxy groups -OCH3 is 1. The van der Waals surface area contributed by atoms with E-state index in [2.05, 4.69) is 11.1 Å². The molecule has 8 nitrogen and oxygen atoms in total. The number of primary amides is 1. The van der Waals surface area contributed by atoms with E-state index in [1.807, 2.05) is 66.9 Å². The van der Waals surface area contributed by atoms with Gasteiger partial charge in [0.15, 0.2) is 11.5 Å². The lowest BCUT2D eigenvalue weighted by Gasteiger charge is -2.31. The quantitative estimate of drug-likeness (QED) is 0.254. The first-order valence-corrected chi connectivity index (χ1v) is 15.2. The molecule has 0 bridgehead atoms. The molecule has 1 aliphatic rings. The van der Waals surface area contributed by atoms with Crippen LogP contribution in [0, 0.1) is 0 Å². The number of aromatic nitrogens is 1. The minimum atomic E-state index is -3.39. The van der Waals surface area contributed by atoms with Gasteiger partial charge in [-0.1, -0.05) is 42.5 Å². The van der Waals surface area contributed by atoms with Crippen LogP contribution >= 0.6 is 0 Å². The highest BCUT2D eigenvalue weighted by molar-refractivity contribution is 7.89. The fourth-order valence-corrected chi connectivity index (χ4v) is 7.03. The minimum Gasteiger partial charge on any atom is -0.493 e. The standard InChI is InChI=1S/C31H35N3O5S/c1-38-28-10-5-6-11-29(28)39-16-7-17-40(36,37)34-14-12-23(13-15-34)27-21-33-31-25(20-30(32)35)18-24(19-26(27)31)22-8-3-2-4-9-22/h2-6,8-11,18-19,21,23,33H,7,12-17,20H2,1H3,(H2,32,35). The third kappa shape index (κ3) is 6.16. The Morgan fingerprint density at radius 2 is 1.70 bits per heavy atom. The average Bonchev–Trinajstić information content (AvgIpc) is 3.40. The van der Waals surface area contributed by atoms with Crippen LogP contribution in [-0.4, -0.2) is 56.2 Å². The second-order valence-corrected chi connectivity index (χ2v) is 12.2. The van der Waals surface area contributed by atoms with Crippen molar-refractivity contribution in [3.8, 4) is 22.6 Å². The first kappa shape index (κ1) is 27.7. The van der Waals surface area contributed by atoms with Crippen molar-refractivity contribution < 1.29 is 22.7 Å². The topological polar surface area (TPSA) is 115 Å². The maximum absolute atomic E-state index is 13.1. The van der Waals surface area contributed by atoms with E-state index < -0.39 is 10.0 Å². The molecule has 2 heterocycles. The smallest absolute Gasteiger partial charge is 0.221 e. The van der Waals surface area contributed by atoms with Crippen LogP contribution in [0.2, 0.25) is 0 Å². The molecule has 3 N–H and O–H groups in total. The highest BCUT2D eigenvalue weighted by atomic mass is 32.2. The van der Waals surface area contributed by atoms with Gasteiger partial charge in [0.2, 0.25) is 15.9 Å². The number of nitrogens with one attached hydrogen (secondary N) is 1. The number of amides is 1. The number of hydrogen-bond donors (Lipinski definition) is 2. The molecule has 1 fully saturated rings. The first-order chi connectivity index (χ1) is 19.4. The van der Waals surface area contributed by atoms with Crippen LogP contribution in [0.25, 0.3) is 22.0 Å². The van der Waals surface area contributed by atoms with Gasteiger partial charge in [-0.15, -0.1) is 0 Å². The van der Waals surface area contributed by atoms with Gasteiger partial charge >= 0.3 is 0 Å². The second-order valence-electron chi connectivity index (χ2n) is 10.2. The molecule has 0 unspecified atom stereocenters. The number of benzene rings is 3. The molecule has 3 aromatic carbocycles. The van der Waals surface area contributed by atoms with E-state index in [-0.39, 0.29) is 24.0 Å². The Kier molecular flexibility index (Phi) is 8.42. The van der Waals surface area contributed by atoms with Gasteiger partial charge in [-0.3, -0.25) is 4.79 Å². The number of carbonyl (C=O) groups is 1. The Hall–Kier alpha value is -3.82. The van der Waals surface area contributed by atoms with E-state index >= 15 is 0 Å². The first-order valence-electron chi connectivity index (χ1n) is 13.6. The van der Waals surface area contributed by atoms with Gasteiger partial charge in [-0.05, 0) is 71.7 Å². The molecule has 1 saturated heterocycles. The number of hydrogen-bond acceptors (Lipinski definition) is 5. The Balaban J connectivity index is 1.25. The lowest BCUT2D eigenvalue weighted by atomic mass is 9.88. The zero-order valence-corrected chi connectivity index (χ0v) is 23.5. The highest BCUT2D eigenvalue weighted by Crippen LogP contribution is 2.37. The number of rotatable bonds is 11. The third-order valence-electron chi connectivity index (χ3n) is 7.54. The molecule has 0 radical (unpaired) electrons.